The average molecular weight is 302 g/mol. The summed E-state index contributed by atoms with van der Waals surface area (Å²) < 4.78 is 5.21. The summed E-state index contributed by atoms with van der Waals surface area (Å²) in [4.78, 5) is 23.7. The molecule has 0 aliphatic carbocycles. The highest BCUT2D eigenvalue weighted by Gasteiger charge is 2.17. The Morgan fingerprint density at radius 1 is 1.41 bits per heavy atom. The van der Waals surface area contributed by atoms with Crippen LogP contribution in [0.5, 0.6) is 0 Å². The standard InChI is InChI=1S/C16H22N4O2/c1-6-12-10(2)18-14(19-12)11-7-8-17-13(9-11)20-15(21)22-16(3,4)5/h7-9H,6H2,1-5H3,(H,18,19)(H,17,20,21). The Morgan fingerprint density at radius 3 is 2.73 bits per heavy atom. The van der Waals surface area contributed by atoms with Gasteiger partial charge in [-0.05, 0) is 46.2 Å². The lowest BCUT2D eigenvalue weighted by Gasteiger charge is -2.19. The van der Waals surface area contributed by atoms with Crippen molar-refractivity contribution in [2.45, 2.75) is 46.6 Å². The fraction of sp³-hybridized carbons (Fsp3) is 0.438. The molecule has 118 valence electrons. The molecule has 0 saturated carbocycles. The van der Waals surface area contributed by atoms with Crippen LogP contribution in [0.4, 0.5) is 10.6 Å². The van der Waals surface area contributed by atoms with Crippen molar-refractivity contribution in [2.75, 3.05) is 5.32 Å². The molecule has 2 heterocycles. The molecular formula is C16H22N4O2. The molecule has 6 nitrogen and oxygen atoms in total. The molecule has 2 N–H and O–H groups in total. The second-order valence-corrected chi connectivity index (χ2v) is 6.07. The molecule has 2 rings (SSSR count). The molecular weight excluding hydrogens is 280 g/mol. The first-order valence-corrected chi connectivity index (χ1v) is 7.30. The van der Waals surface area contributed by atoms with Crippen molar-refractivity contribution in [2.24, 2.45) is 0 Å². The summed E-state index contributed by atoms with van der Waals surface area (Å²) in [6, 6.07) is 3.61. The molecule has 0 bridgehead atoms. The predicted molar refractivity (Wildman–Crippen MR) is 85.8 cm³/mol. The lowest BCUT2D eigenvalue weighted by atomic mass is 10.2. The van der Waals surface area contributed by atoms with Crippen LogP contribution in [-0.4, -0.2) is 26.6 Å². The molecule has 0 unspecified atom stereocenters. The number of amides is 1. The van der Waals surface area contributed by atoms with E-state index in [1.165, 1.54) is 0 Å². The molecule has 22 heavy (non-hydrogen) atoms. The van der Waals surface area contributed by atoms with Crippen LogP contribution in [0.15, 0.2) is 18.3 Å². The maximum Gasteiger partial charge on any atom is 0.413 e. The van der Waals surface area contributed by atoms with Crippen molar-refractivity contribution in [3.63, 3.8) is 0 Å². The zero-order valence-corrected chi connectivity index (χ0v) is 13.7. The monoisotopic (exact) mass is 302 g/mol. The number of ether oxygens (including phenoxy) is 1. The van der Waals surface area contributed by atoms with Gasteiger partial charge in [-0.3, -0.25) is 5.32 Å². The normalized spacial score (nSPS) is 11.3. The van der Waals surface area contributed by atoms with Gasteiger partial charge in [0, 0.05) is 17.5 Å². The number of carbonyl (C=O) groups excluding carboxylic acids is 1. The van der Waals surface area contributed by atoms with Gasteiger partial charge >= 0.3 is 6.09 Å². The molecule has 2 aromatic rings. The third-order valence-electron chi connectivity index (χ3n) is 2.98. The van der Waals surface area contributed by atoms with Crippen LogP contribution < -0.4 is 5.32 Å². The van der Waals surface area contributed by atoms with E-state index in [9.17, 15) is 4.79 Å². The Bertz CT molecular complexity index is 671. The molecule has 0 radical (unpaired) electrons. The maximum atomic E-state index is 11.8. The minimum absolute atomic E-state index is 0.429. The lowest BCUT2D eigenvalue weighted by Crippen LogP contribution is -2.27. The first kappa shape index (κ1) is 16.0. The fourth-order valence-electron chi connectivity index (χ4n) is 2.03. The van der Waals surface area contributed by atoms with E-state index in [1.807, 2.05) is 33.8 Å². The van der Waals surface area contributed by atoms with E-state index in [4.69, 9.17) is 4.74 Å². The largest absolute Gasteiger partial charge is 0.444 e. The third-order valence-corrected chi connectivity index (χ3v) is 2.98. The van der Waals surface area contributed by atoms with E-state index in [1.54, 1.807) is 12.3 Å². The SMILES string of the molecule is CCc1nc(-c2ccnc(NC(=O)OC(C)(C)C)c2)[nH]c1C. The smallest absolute Gasteiger partial charge is 0.413 e. The number of rotatable bonds is 3. The van der Waals surface area contributed by atoms with Crippen LogP contribution in [0.25, 0.3) is 11.4 Å². The predicted octanol–water partition coefficient (Wildman–Crippen LogP) is 3.69. The van der Waals surface area contributed by atoms with Crippen LogP contribution in [0.3, 0.4) is 0 Å². The van der Waals surface area contributed by atoms with Crippen molar-refractivity contribution in [1.82, 2.24) is 15.0 Å². The number of hydrogen-bond acceptors (Lipinski definition) is 4. The van der Waals surface area contributed by atoms with Gasteiger partial charge < -0.3 is 9.72 Å². The van der Waals surface area contributed by atoms with Crippen LogP contribution in [-0.2, 0) is 11.2 Å². The first-order chi connectivity index (χ1) is 10.3. The molecule has 0 saturated heterocycles. The number of carbonyl (C=O) groups is 1. The Hall–Kier alpha value is -2.37. The minimum Gasteiger partial charge on any atom is -0.444 e. The van der Waals surface area contributed by atoms with E-state index >= 15 is 0 Å². The number of aromatic nitrogens is 3. The summed E-state index contributed by atoms with van der Waals surface area (Å²) in [5, 5.41) is 2.63. The summed E-state index contributed by atoms with van der Waals surface area (Å²) in [7, 11) is 0. The summed E-state index contributed by atoms with van der Waals surface area (Å²) in [6.45, 7) is 9.50. The van der Waals surface area contributed by atoms with Crippen LogP contribution in [0.2, 0.25) is 0 Å². The Kier molecular flexibility index (Phi) is 4.49. The van der Waals surface area contributed by atoms with E-state index in [-0.39, 0.29) is 0 Å². The van der Waals surface area contributed by atoms with Crippen LogP contribution >= 0.6 is 0 Å². The van der Waals surface area contributed by atoms with E-state index in [0.717, 1.165) is 29.2 Å². The number of nitrogens with zero attached hydrogens (tertiary/aromatic N) is 2. The van der Waals surface area contributed by atoms with Crippen molar-refractivity contribution >= 4 is 11.9 Å². The Morgan fingerprint density at radius 2 is 2.14 bits per heavy atom. The van der Waals surface area contributed by atoms with Gasteiger partial charge in [0.05, 0.1) is 5.69 Å². The van der Waals surface area contributed by atoms with Crippen molar-refractivity contribution in [1.29, 1.82) is 0 Å². The zero-order chi connectivity index (χ0) is 16.3. The number of H-pyrrole nitrogens is 1. The molecule has 0 aromatic carbocycles. The Balaban J connectivity index is 2.17. The van der Waals surface area contributed by atoms with Gasteiger partial charge in [-0.25, -0.2) is 14.8 Å². The zero-order valence-electron chi connectivity index (χ0n) is 13.7. The van der Waals surface area contributed by atoms with Gasteiger partial charge in [0.25, 0.3) is 0 Å². The third kappa shape index (κ3) is 4.07. The van der Waals surface area contributed by atoms with Gasteiger partial charge in [-0.15, -0.1) is 0 Å². The summed E-state index contributed by atoms with van der Waals surface area (Å²) >= 11 is 0. The topological polar surface area (TPSA) is 79.9 Å². The average Bonchev–Trinajstić information content (AvgIpc) is 2.78. The number of nitrogens with one attached hydrogen (secondary N) is 2. The van der Waals surface area contributed by atoms with E-state index in [2.05, 4.69) is 27.2 Å². The maximum absolute atomic E-state index is 11.8. The molecule has 2 aromatic heterocycles. The van der Waals surface area contributed by atoms with Gasteiger partial charge in [0.2, 0.25) is 0 Å². The lowest BCUT2D eigenvalue weighted by molar-refractivity contribution is 0.0635. The second kappa shape index (κ2) is 6.17. The number of aryl methyl sites for hydroxylation is 2. The molecule has 0 atom stereocenters. The number of pyridine rings is 1. The van der Waals surface area contributed by atoms with Crippen molar-refractivity contribution in [3.05, 3.63) is 29.7 Å². The highest BCUT2D eigenvalue weighted by atomic mass is 16.6. The number of hydrogen-bond donors (Lipinski definition) is 2. The van der Waals surface area contributed by atoms with Gasteiger partial charge in [-0.1, -0.05) is 6.92 Å². The number of anilines is 1. The van der Waals surface area contributed by atoms with Gasteiger partial charge in [0.15, 0.2) is 0 Å². The van der Waals surface area contributed by atoms with Crippen molar-refractivity contribution < 1.29 is 9.53 Å². The summed E-state index contributed by atoms with van der Waals surface area (Å²) in [5.74, 6) is 1.20. The molecule has 6 heteroatoms. The van der Waals surface area contributed by atoms with E-state index in [0.29, 0.717) is 5.82 Å². The molecule has 0 aliphatic heterocycles. The molecule has 0 spiro atoms. The summed E-state index contributed by atoms with van der Waals surface area (Å²) in [6.07, 6.45) is 1.98. The highest BCUT2D eigenvalue weighted by molar-refractivity contribution is 5.84. The Labute approximate surface area is 130 Å². The quantitative estimate of drug-likeness (QED) is 0.906. The van der Waals surface area contributed by atoms with Crippen LogP contribution in [0, 0.1) is 6.92 Å². The van der Waals surface area contributed by atoms with Crippen LogP contribution in [0.1, 0.15) is 39.1 Å². The number of imidazole rings is 1. The van der Waals surface area contributed by atoms with Gasteiger partial charge in [-0.2, -0.15) is 0 Å². The first-order valence-electron chi connectivity index (χ1n) is 7.30. The fourth-order valence-corrected chi connectivity index (χ4v) is 2.03. The summed E-state index contributed by atoms with van der Waals surface area (Å²) in [5.41, 5.74) is 2.41. The molecule has 0 aliphatic rings. The highest BCUT2D eigenvalue weighted by Crippen LogP contribution is 2.20. The van der Waals surface area contributed by atoms with Crippen molar-refractivity contribution in [3.8, 4) is 11.4 Å². The van der Waals surface area contributed by atoms with E-state index < -0.39 is 11.7 Å². The molecule has 1 amide bonds. The number of aromatic amines is 1. The molecule has 0 fully saturated rings. The van der Waals surface area contributed by atoms with Gasteiger partial charge in [0.1, 0.15) is 17.2 Å². The minimum atomic E-state index is -0.546. The second-order valence-electron chi connectivity index (χ2n) is 6.07.